The van der Waals surface area contributed by atoms with E-state index in [4.69, 9.17) is 4.74 Å². The molecule has 0 N–H and O–H groups in total. The zero-order valence-corrected chi connectivity index (χ0v) is 13.9. The molecule has 1 aliphatic carbocycles. The van der Waals surface area contributed by atoms with Crippen molar-refractivity contribution in [3.8, 4) is 9.88 Å². The highest BCUT2D eigenvalue weighted by atomic mass is 32.1. The minimum Gasteiger partial charge on any atom is -0.374 e. The fourth-order valence-corrected chi connectivity index (χ4v) is 4.99. The van der Waals surface area contributed by atoms with Crippen LogP contribution in [-0.4, -0.2) is 41.1 Å². The summed E-state index contributed by atoms with van der Waals surface area (Å²) in [4.78, 5) is 20.5. The van der Waals surface area contributed by atoms with Crippen molar-refractivity contribution >= 4 is 28.6 Å². The number of rotatable bonds is 2. The van der Waals surface area contributed by atoms with Crippen molar-refractivity contribution in [3.63, 3.8) is 0 Å². The average molecular weight is 334 g/mol. The lowest BCUT2D eigenvalue weighted by molar-refractivity contribution is -0.0754. The Hall–Kier alpha value is -1.24. The van der Waals surface area contributed by atoms with Gasteiger partial charge in [-0.3, -0.25) is 4.79 Å². The van der Waals surface area contributed by atoms with E-state index >= 15 is 0 Å². The molecule has 4 rings (SSSR count). The van der Waals surface area contributed by atoms with E-state index in [9.17, 15) is 4.79 Å². The van der Waals surface area contributed by atoms with Crippen LogP contribution in [0.2, 0.25) is 0 Å². The summed E-state index contributed by atoms with van der Waals surface area (Å²) in [7, 11) is 0. The smallest absolute Gasteiger partial charge is 0.273 e. The molecule has 6 heteroatoms. The molecule has 116 valence electrons. The normalized spacial score (nSPS) is 25.0. The zero-order valence-electron chi connectivity index (χ0n) is 12.2. The molecule has 2 aromatic rings. The van der Waals surface area contributed by atoms with Gasteiger partial charge in [-0.05, 0) is 24.3 Å². The molecule has 1 saturated heterocycles. The largest absolute Gasteiger partial charge is 0.374 e. The number of aromatic nitrogens is 1. The third kappa shape index (κ3) is 2.59. The summed E-state index contributed by atoms with van der Waals surface area (Å²) >= 11 is 3.21. The van der Waals surface area contributed by atoms with Gasteiger partial charge in [0.15, 0.2) is 0 Å². The van der Waals surface area contributed by atoms with Gasteiger partial charge in [0, 0.05) is 11.9 Å². The van der Waals surface area contributed by atoms with Gasteiger partial charge in [0.05, 0.1) is 23.6 Å². The molecular formula is C16H18N2O2S2. The van der Waals surface area contributed by atoms with E-state index in [0.717, 1.165) is 22.7 Å². The van der Waals surface area contributed by atoms with Gasteiger partial charge in [0.2, 0.25) is 0 Å². The van der Waals surface area contributed by atoms with Crippen LogP contribution >= 0.6 is 22.7 Å². The molecule has 1 saturated carbocycles. The molecule has 0 bridgehead atoms. The van der Waals surface area contributed by atoms with Gasteiger partial charge in [0.25, 0.3) is 5.91 Å². The number of hydrogen-bond acceptors (Lipinski definition) is 5. The van der Waals surface area contributed by atoms with Crippen molar-refractivity contribution < 1.29 is 9.53 Å². The Morgan fingerprint density at radius 3 is 3.09 bits per heavy atom. The molecule has 2 aliphatic rings. The van der Waals surface area contributed by atoms with E-state index in [-0.39, 0.29) is 18.1 Å². The van der Waals surface area contributed by atoms with Crippen LogP contribution in [0.1, 0.15) is 36.2 Å². The lowest BCUT2D eigenvalue weighted by Gasteiger charge is -2.43. The van der Waals surface area contributed by atoms with Crippen molar-refractivity contribution in [1.29, 1.82) is 0 Å². The van der Waals surface area contributed by atoms with Crippen molar-refractivity contribution in [3.05, 3.63) is 28.6 Å². The first-order valence-electron chi connectivity index (χ1n) is 7.75. The van der Waals surface area contributed by atoms with Crippen LogP contribution in [0.25, 0.3) is 9.88 Å². The molecular weight excluding hydrogens is 316 g/mol. The molecule has 2 fully saturated rings. The molecule has 22 heavy (non-hydrogen) atoms. The minimum absolute atomic E-state index is 0.0688. The number of morpholine rings is 1. The van der Waals surface area contributed by atoms with E-state index in [1.54, 1.807) is 22.7 Å². The predicted molar refractivity (Wildman–Crippen MR) is 88.5 cm³/mol. The maximum absolute atomic E-state index is 12.9. The predicted octanol–water partition coefficient (Wildman–Crippen LogP) is 3.66. The van der Waals surface area contributed by atoms with Crippen LogP contribution < -0.4 is 0 Å². The number of ether oxygens (including phenoxy) is 1. The number of fused-ring (bicyclic) bond motifs is 1. The molecule has 0 aromatic carbocycles. The first-order chi connectivity index (χ1) is 10.8. The van der Waals surface area contributed by atoms with Gasteiger partial charge in [-0.1, -0.05) is 18.9 Å². The van der Waals surface area contributed by atoms with E-state index in [2.05, 4.69) is 4.98 Å². The first kappa shape index (κ1) is 14.4. The Morgan fingerprint density at radius 2 is 2.23 bits per heavy atom. The van der Waals surface area contributed by atoms with E-state index < -0.39 is 0 Å². The second-order valence-corrected chi connectivity index (χ2v) is 7.58. The lowest BCUT2D eigenvalue weighted by Crippen LogP contribution is -2.54. The van der Waals surface area contributed by atoms with Crippen LogP contribution in [-0.2, 0) is 4.74 Å². The quantitative estimate of drug-likeness (QED) is 0.842. The highest BCUT2D eigenvalue weighted by molar-refractivity contribution is 7.20. The molecule has 1 aliphatic heterocycles. The van der Waals surface area contributed by atoms with Gasteiger partial charge < -0.3 is 9.64 Å². The van der Waals surface area contributed by atoms with E-state index in [0.29, 0.717) is 18.8 Å². The number of thiophene rings is 1. The highest BCUT2D eigenvalue weighted by Crippen LogP contribution is 2.31. The molecule has 3 heterocycles. The summed E-state index contributed by atoms with van der Waals surface area (Å²) in [5, 5.41) is 4.86. The molecule has 0 unspecified atom stereocenters. The molecule has 0 spiro atoms. The van der Waals surface area contributed by atoms with Gasteiger partial charge in [-0.2, -0.15) is 0 Å². The molecule has 0 radical (unpaired) electrons. The molecule has 2 atom stereocenters. The summed E-state index contributed by atoms with van der Waals surface area (Å²) in [6, 6.07) is 4.29. The van der Waals surface area contributed by atoms with Crippen LogP contribution in [0.4, 0.5) is 0 Å². The maximum Gasteiger partial charge on any atom is 0.273 e. The fourth-order valence-electron chi connectivity index (χ4n) is 3.38. The second-order valence-electron chi connectivity index (χ2n) is 5.77. The summed E-state index contributed by atoms with van der Waals surface area (Å²) in [5.74, 6) is 0.0688. The van der Waals surface area contributed by atoms with Crippen LogP contribution in [0.15, 0.2) is 22.9 Å². The number of amides is 1. The Morgan fingerprint density at radius 1 is 1.32 bits per heavy atom. The Labute approximate surface area is 137 Å². The third-order valence-corrected chi connectivity index (χ3v) is 6.33. The second kappa shape index (κ2) is 6.10. The van der Waals surface area contributed by atoms with Crippen LogP contribution in [0.5, 0.6) is 0 Å². The Balaban J connectivity index is 1.56. The van der Waals surface area contributed by atoms with Crippen LogP contribution in [0.3, 0.4) is 0 Å². The van der Waals surface area contributed by atoms with Gasteiger partial charge in [0.1, 0.15) is 10.7 Å². The minimum atomic E-state index is 0.0688. The number of carbonyl (C=O) groups is 1. The SMILES string of the molecule is O=C(c1csc(-c2cccs2)n1)N1CCO[C@H]2CCCC[C@@H]21. The Bertz CT molecular complexity index is 651. The van der Waals surface area contributed by atoms with Crippen molar-refractivity contribution in [2.75, 3.05) is 13.2 Å². The van der Waals surface area contributed by atoms with Gasteiger partial charge in [-0.15, -0.1) is 22.7 Å². The molecule has 4 nitrogen and oxygen atoms in total. The van der Waals surface area contributed by atoms with E-state index in [1.807, 2.05) is 27.8 Å². The topological polar surface area (TPSA) is 42.4 Å². The zero-order chi connectivity index (χ0) is 14.9. The van der Waals surface area contributed by atoms with E-state index in [1.165, 1.54) is 12.8 Å². The number of nitrogens with zero attached hydrogens (tertiary/aromatic N) is 2. The first-order valence-corrected chi connectivity index (χ1v) is 9.51. The fraction of sp³-hybridized carbons (Fsp3) is 0.500. The number of thiazole rings is 1. The highest BCUT2D eigenvalue weighted by Gasteiger charge is 2.37. The standard InChI is InChI=1S/C16H18N2O2S2/c19-16(11-10-22-15(17-11)14-6-3-9-21-14)18-7-8-20-13-5-2-1-4-12(13)18/h3,6,9-10,12-13H,1-2,4-5,7-8H2/t12-,13-/m0/s1. The van der Waals surface area contributed by atoms with Crippen molar-refractivity contribution in [1.82, 2.24) is 9.88 Å². The summed E-state index contributed by atoms with van der Waals surface area (Å²) in [5.41, 5.74) is 0.583. The Kier molecular flexibility index (Phi) is 3.98. The summed E-state index contributed by atoms with van der Waals surface area (Å²) in [6.07, 6.45) is 4.75. The molecule has 1 amide bonds. The van der Waals surface area contributed by atoms with Gasteiger partial charge >= 0.3 is 0 Å². The maximum atomic E-state index is 12.9. The summed E-state index contributed by atoms with van der Waals surface area (Å²) in [6.45, 7) is 1.33. The monoisotopic (exact) mass is 334 g/mol. The lowest BCUT2D eigenvalue weighted by atomic mass is 9.90. The summed E-state index contributed by atoms with van der Waals surface area (Å²) < 4.78 is 5.85. The average Bonchev–Trinajstić information content (AvgIpc) is 3.24. The van der Waals surface area contributed by atoms with Gasteiger partial charge in [-0.25, -0.2) is 4.98 Å². The number of carbonyl (C=O) groups excluding carboxylic acids is 1. The third-order valence-electron chi connectivity index (χ3n) is 4.45. The van der Waals surface area contributed by atoms with Crippen LogP contribution in [0, 0.1) is 0 Å². The molecule has 2 aromatic heterocycles. The van der Waals surface area contributed by atoms with Crippen molar-refractivity contribution in [2.45, 2.75) is 37.8 Å². The number of hydrogen-bond donors (Lipinski definition) is 0. The van der Waals surface area contributed by atoms with Crippen molar-refractivity contribution in [2.24, 2.45) is 0 Å².